The molecule has 4 N–H and O–H groups in total. The Labute approximate surface area is 152 Å². The van der Waals surface area contributed by atoms with Gasteiger partial charge in [0, 0.05) is 30.1 Å². The predicted octanol–water partition coefficient (Wildman–Crippen LogP) is 2.06. The van der Waals surface area contributed by atoms with Crippen LogP contribution in [0.15, 0.2) is 40.9 Å². The third-order valence-electron chi connectivity index (χ3n) is 4.37. The van der Waals surface area contributed by atoms with E-state index >= 15 is 0 Å². The van der Waals surface area contributed by atoms with Crippen molar-refractivity contribution in [3.05, 3.63) is 53.0 Å². The molecule has 2 aliphatic rings. The first-order valence-electron chi connectivity index (χ1n) is 8.48. The number of aliphatic imine (C=N–C) groups is 1. The van der Waals surface area contributed by atoms with E-state index in [0.29, 0.717) is 11.5 Å². The van der Waals surface area contributed by atoms with Crippen LogP contribution >= 0.6 is 0 Å². The highest BCUT2D eigenvalue weighted by atomic mass is 19.1. The molecule has 1 unspecified atom stereocenters. The highest BCUT2D eigenvalue weighted by molar-refractivity contribution is 5.95. The van der Waals surface area contributed by atoms with Crippen LogP contribution in [-0.4, -0.2) is 35.0 Å². The smallest absolute Gasteiger partial charge is 0.141 e. The van der Waals surface area contributed by atoms with Gasteiger partial charge in [0.1, 0.15) is 23.2 Å². The molecule has 1 aromatic heterocycles. The molecule has 0 aromatic carbocycles. The fraction of sp³-hybridized carbons (Fsp3) is 0.316. The minimum absolute atomic E-state index is 0.0525. The van der Waals surface area contributed by atoms with Crippen molar-refractivity contribution >= 4 is 12.1 Å². The van der Waals surface area contributed by atoms with Crippen LogP contribution in [0.4, 0.5) is 4.39 Å². The van der Waals surface area contributed by atoms with E-state index in [0.717, 1.165) is 36.4 Å². The van der Waals surface area contributed by atoms with Crippen molar-refractivity contribution in [2.24, 2.45) is 10.7 Å². The van der Waals surface area contributed by atoms with E-state index in [1.54, 1.807) is 6.20 Å². The number of aromatic nitrogens is 1. The fourth-order valence-electron chi connectivity index (χ4n) is 3.12. The van der Waals surface area contributed by atoms with Crippen molar-refractivity contribution in [1.29, 1.82) is 5.41 Å². The highest BCUT2D eigenvalue weighted by Gasteiger charge is 2.30. The lowest BCUT2D eigenvalue weighted by atomic mass is 10.0. The average molecular weight is 352 g/mol. The van der Waals surface area contributed by atoms with Crippen molar-refractivity contribution in [3.8, 4) is 11.8 Å². The number of halogens is 1. The van der Waals surface area contributed by atoms with E-state index in [2.05, 4.69) is 32.0 Å². The van der Waals surface area contributed by atoms with Gasteiger partial charge in [-0.3, -0.25) is 0 Å². The quantitative estimate of drug-likeness (QED) is 0.561. The normalized spacial score (nSPS) is 20.8. The van der Waals surface area contributed by atoms with Gasteiger partial charge in [0.2, 0.25) is 0 Å². The maximum absolute atomic E-state index is 13.9. The number of likely N-dealkylation sites (tertiary alicyclic amines) is 1. The molecule has 2 aliphatic heterocycles. The summed E-state index contributed by atoms with van der Waals surface area (Å²) < 4.78 is 13.9. The van der Waals surface area contributed by atoms with Crippen LogP contribution in [0.2, 0.25) is 0 Å². The van der Waals surface area contributed by atoms with Crippen LogP contribution in [0.3, 0.4) is 0 Å². The number of rotatable bonds is 2. The van der Waals surface area contributed by atoms with Crippen molar-refractivity contribution in [2.75, 3.05) is 13.1 Å². The number of amidine groups is 1. The highest BCUT2D eigenvalue weighted by Crippen LogP contribution is 2.34. The maximum Gasteiger partial charge on any atom is 0.141 e. The first kappa shape index (κ1) is 17.8. The molecule has 1 aromatic rings. The summed E-state index contributed by atoms with van der Waals surface area (Å²) in [7, 11) is 0. The number of hydrogen-bond acceptors (Lipinski definition) is 6. The number of allylic oxidation sites excluding steroid dienone is 1. The Morgan fingerprint density at radius 1 is 1.58 bits per heavy atom. The molecule has 3 heterocycles. The van der Waals surface area contributed by atoms with Crippen LogP contribution in [0, 0.1) is 23.1 Å². The fourth-order valence-corrected chi connectivity index (χ4v) is 3.12. The van der Waals surface area contributed by atoms with Crippen LogP contribution in [0.1, 0.15) is 37.1 Å². The van der Waals surface area contributed by atoms with E-state index in [1.165, 1.54) is 18.5 Å². The van der Waals surface area contributed by atoms with Gasteiger partial charge in [-0.1, -0.05) is 5.92 Å². The standard InChI is InChI=1S/C19H21FN6/c1-13(11-22)19-23-8-6-18(25-19)26-9-3-5-17(26)15-10-14(20)12-24-16(15)4-2-7-21/h6,8,10-12,17,22-23H,3,5,7,9,21H2,1H3/b19-13+,22-11?. The van der Waals surface area contributed by atoms with Gasteiger partial charge in [-0.15, -0.1) is 0 Å². The summed E-state index contributed by atoms with van der Waals surface area (Å²) in [5.74, 6) is 6.79. The second-order valence-corrected chi connectivity index (χ2v) is 6.07. The van der Waals surface area contributed by atoms with Gasteiger partial charge in [-0.25, -0.2) is 14.4 Å². The molecule has 7 heteroatoms. The zero-order valence-corrected chi connectivity index (χ0v) is 14.6. The molecule has 1 fully saturated rings. The van der Waals surface area contributed by atoms with Crippen molar-refractivity contribution in [2.45, 2.75) is 25.8 Å². The largest absolute Gasteiger partial charge is 0.349 e. The van der Waals surface area contributed by atoms with Gasteiger partial charge in [-0.05, 0) is 37.8 Å². The number of nitrogens with zero attached hydrogens (tertiary/aromatic N) is 3. The Bertz CT molecular complexity index is 859. The first-order valence-corrected chi connectivity index (χ1v) is 8.48. The molecule has 0 amide bonds. The van der Waals surface area contributed by atoms with Crippen LogP contribution in [0.25, 0.3) is 0 Å². The molecule has 1 saturated heterocycles. The monoisotopic (exact) mass is 352 g/mol. The summed E-state index contributed by atoms with van der Waals surface area (Å²) in [6.07, 6.45) is 7.97. The Morgan fingerprint density at radius 2 is 2.42 bits per heavy atom. The molecular formula is C19H21FN6. The van der Waals surface area contributed by atoms with Gasteiger partial charge in [0.05, 0.1) is 18.8 Å². The number of hydrogen-bond donors (Lipinski definition) is 3. The Morgan fingerprint density at radius 3 is 3.19 bits per heavy atom. The summed E-state index contributed by atoms with van der Waals surface area (Å²) >= 11 is 0. The molecule has 0 radical (unpaired) electrons. The Balaban J connectivity index is 1.99. The predicted molar refractivity (Wildman–Crippen MR) is 100 cm³/mol. The van der Waals surface area contributed by atoms with Gasteiger partial charge < -0.3 is 21.4 Å². The SMILES string of the molecule is C/C(C=N)=C1\N=C(N2CCCC2c2cc(F)cnc2C#CCN)C=CN1. The second kappa shape index (κ2) is 7.93. The van der Waals surface area contributed by atoms with Crippen LogP contribution < -0.4 is 11.1 Å². The van der Waals surface area contributed by atoms with Crippen LogP contribution in [-0.2, 0) is 0 Å². The first-order chi connectivity index (χ1) is 12.6. The average Bonchev–Trinajstić information content (AvgIpc) is 3.16. The van der Waals surface area contributed by atoms with E-state index in [4.69, 9.17) is 11.1 Å². The minimum atomic E-state index is -0.381. The molecule has 0 bridgehead atoms. The number of nitrogens with one attached hydrogen (secondary N) is 2. The molecule has 0 saturated carbocycles. The molecule has 6 nitrogen and oxygen atoms in total. The van der Waals surface area contributed by atoms with E-state index in [-0.39, 0.29) is 18.4 Å². The summed E-state index contributed by atoms with van der Waals surface area (Å²) in [5.41, 5.74) is 7.52. The van der Waals surface area contributed by atoms with E-state index < -0.39 is 0 Å². The van der Waals surface area contributed by atoms with E-state index in [1.807, 2.05) is 13.0 Å². The van der Waals surface area contributed by atoms with Gasteiger partial charge in [0.15, 0.2) is 0 Å². The molecule has 3 rings (SSSR count). The lowest BCUT2D eigenvalue weighted by Gasteiger charge is -2.29. The number of pyridine rings is 1. The Kier molecular flexibility index (Phi) is 5.44. The molecular weight excluding hydrogens is 331 g/mol. The second-order valence-electron chi connectivity index (χ2n) is 6.07. The maximum atomic E-state index is 13.9. The summed E-state index contributed by atoms with van der Waals surface area (Å²) in [5, 5.41) is 10.5. The lowest BCUT2D eigenvalue weighted by molar-refractivity contribution is 0.398. The zero-order valence-electron chi connectivity index (χ0n) is 14.6. The van der Waals surface area contributed by atoms with E-state index in [9.17, 15) is 4.39 Å². The van der Waals surface area contributed by atoms with Crippen molar-refractivity contribution in [3.63, 3.8) is 0 Å². The third-order valence-corrected chi connectivity index (χ3v) is 4.37. The van der Waals surface area contributed by atoms with Crippen molar-refractivity contribution < 1.29 is 4.39 Å². The molecule has 134 valence electrons. The molecule has 26 heavy (non-hydrogen) atoms. The zero-order chi connectivity index (χ0) is 18.5. The third kappa shape index (κ3) is 3.65. The minimum Gasteiger partial charge on any atom is -0.349 e. The van der Waals surface area contributed by atoms with Crippen LogP contribution in [0.5, 0.6) is 0 Å². The summed E-state index contributed by atoms with van der Waals surface area (Å²) in [4.78, 5) is 10.9. The lowest BCUT2D eigenvalue weighted by Crippen LogP contribution is -2.32. The molecule has 0 aliphatic carbocycles. The van der Waals surface area contributed by atoms with Crippen molar-refractivity contribution in [1.82, 2.24) is 15.2 Å². The molecule has 1 atom stereocenters. The summed E-state index contributed by atoms with van der Waals surface area (Å²) in [6.45, 7) is 2.87. The van der Waals surface area contributed by atoms with Gasteiger partial charge >= 0.3 is 0 Å². The van der Waals surface area contributed by atoms with Gasteiger partial charge in [0.25, 0.3) is 0 Å². The Hall–Kier alpha value is -2.98. The topological polar surface area (TPSA) is 90.4 Å². The summed E-state index contributed by atoms with van der Waals surface area (Å²) in [6, 6.07) is 1.45. The van der Waals surface area contributed by atoms with Gasteiger partial charge in [-0.2, -0.15) is 0 Å². The molecule has 0 spiro atoms. The number of nitrogens with two attached hydrogens (primary N) is 1.